The molecule has 0 fully saturated rings. The Kier molecular flexibility index (Phi) is 7.68. The van der Waals surface area contributed by atoms with E-state index >= 15 is 0 Å². The van der Waals surface area contributed by atoms with Crippen LogP contribution in [0, 0.1) is 0 Å². The van der Waals surface area contributed by atoms with E-state index in [1.54, 1.807) is 18.2 Å². The van der Waals surface area contributed by atoms with Crippen LogP contribution in [0.25, 0.3) is 21.9 Å². The number of unbranched alkanes of at least 4 members (excludes halogenated alkanes) is 1. The summed E-state index contributed by atoms with van der Waals surface area (Å²) in [5.41, 5.74) is -0.704. The summed E-state index contributed by atoms with van der Waals surface area (Å²) >= 11 is 11.6. The lowest BCUT2D eigenvalue weighted by molar-refractivity contribution is 0.468. The molecule has 0 saturated heterocycles. The van der Waals surface area contributed by atoms with Crippen molar-refractivity contribution in [2.45, 2.75) is 19.8 Å². The monoisotopic (exact) mass is 512 g/mol. The van der Waals surface area contributed by atoms with E-state index < -0.39 is 21.4 Å². The zero-order chi connectivity index (χ0) is 24.2. The van der Waals surface area contributed by atoms with E-state index in [2.05, 4.69) is 0 Å². The average Bonchev–Trinajstić information content (AvgIpc) is 2.73. The Hall–Kier alpha value is -3.01. The van der Waals surface area contributed by atoms with Gasteiger partial charge in [-0.3, -0.25) is 0 Å². The highest BCUT2D eigenvalue weighted by molar-refractivity contribution is 7.87. The number of rotatable bonds is 5. The Morgan fingerprint density at radius 2 is 1.42 bits per heavy atom. The van der Waals surface area contributed by atoms with E-state index in [0.717, 1.165) is 18.6 Å². The third-order valence-corrected chi connectivity index (χ3v) is 6.01. The third kappa shape index (κ3) is 6.50. The first-order valence-electron chi connectivity index (χ1n) is 9.66. The Morgan fingerprint density at radius 3 is 2.03 bits per heavy atom. The quantitative estimate of drug-likeness (QED) is 0.289. The molecule has 0 aliphatic rings. The molecule has 0 bridgehead atoms. The van der Waals surface area contributed by atoms with Crippen LogP contribution in [0.2, 0.25) is 10.0 Å². The number of fused-ring (bicyclic) bond motifs is 2. The first-order chi connectivity index (χ1) is 15.6. The third-order valence-electron chi connectivity index (χ3n) is 4.31. The van der Waals surface area contributed by atoms with Crippen LogP contribution in [-0.2, 0) is 10.1 Å². The van der Waals surface area contributed by atoms with Crippen molar-refractivity contribution in [1.82, 2.24) is 0 Å². The second kappa shape index (κ2) is 10.3. The minimum Gasteiger partial charge on any atom is -0.507 e. The Morgan fingerprint density at radius 1 is 0.879 bits per heavy atom. The number of halogens is 2. The van der Waals surface area contributed by atoms with Gasteiger partial charge in [-0.2, -0.15) is 8.42 Å². The molecule has 4 aromatic rings. The molecule has 0 aliphatic heterocycles. The summed E-state index contributed by atoms with van der Waals surface area (Å²) in [5, 5.41) is 11.0. The highest BCUT2D eigenvalue weighted by Gasteiger charge is 2.16. The van der Waals surface area contributed by atoms with Gasteiger partial charge in [0.05, 0.1) is 28.7 Å². The molecule has 0 unspecified atom stereocenters. The van der Waals surface area contributed by atoms with Crippen LogP contribution in [0.3, 0.4) is 0 Å². The van der Waals surface area contributed by atoms with E-state index in [1.165, 1.54) is 18.2 Å². The van der Waals surface area contributed by atoms with E-state index in [4.69, 9.17) is 36.2 Å². The molecule has 0 spiro atoms. The molecule has 0 atom stereocenters. The van der Waals surface area contributed by atoms with E-state index in [1.807, 2.05) is 6.92 Å². The fraction of sp³-hybridized carbons (Fsp3) is 0.182. The summed E-state index contributed by atoms with van der Waals surface area (Å²) in [6, 6.07) is 11.2. The van der Waals surface area contributed by atoms with Crippen molar-refractivity contribution < 1.29 is 26.5 Å². The molecule has 0 saturated carbocycles. The van der Waals surface area contributed by atoms with Gasteiger partial charge in [-0.1, -0.05) is 36.5 Å². The van der Waals surface area contributed by atoms with Gasteiger partial charge in [-0.15, -0.1) is 0 Å². The summed E-state index contributed by atoms with van der Waals surface area (Å²) in [6.07, 6.45) is 1.22. The van der Waals surface area contributed by atoms with Gasteiger partial charge in [0.1, 0.15) is 16.9 Å². The van der Waals surface area contributed by atoms with Gasteiger partial charge in [0.2, 0.25) is 0 Å². The van der Waals surface area contributed by atoms with Gasteiger partial charge >= 0.3 is 21.4 Å². The first kappa shape index (κ1) is 24.6. The van der Waals surface area contributed by atoms with Crippen molar-refractivity contribution in [2.24, 2.45) is 0 Å². The molecular weight excluding hydrogens is 495 g/mol. The Balaban J connectivity index is 0.000000203. The van der Waals surface area contributed by atoms with Crippen LogP contribution in [0.5, 0.6) is 11.5 Å². The highest BCUT2D eigenvalue weighted by Crippen LogP contribution is 2.28. The summed E-state index contributed by atoms with van der Waals surface area (Å²) in [6.45, 7) is 1.88. The molecule has 2 aromatic heterocycles. The minimum atomic E-state index is -3.74. The predicted octanol–water partition coefficient (Wildman–Crippen LogP) is 5.11. The lowest BCUT2D eigenvalue weighted by Crippen LogP contribution is -2.15. The highest BCUT2D eigenvalue weighted by atomic mass is 35.5. The van der Waals surface area contributed by atoms with Crippen molar-refractivity contribution in [3.63, 3.8) is 0 Å². The Labute approximate surface area is 198 Å². The van der Waals surface area contributed by atoms with Crippen LogP contribution in [0.1, 0.15) is 19.8 Å². The van der Waals surface area contributed by atoms with Crippen LogP contribution in [0.15, 0.2) is 67.0 Å². The smallest absolute Gasteiger partial charge is 0.340 e. The predicted molar refractivity (Wildman–Crippen MR) is 126 cm³/mol. The molecule has 8 nitrogen and oxygen atoms in total. The number of hydrogen-bond donors (Lipinski definition) is 1. The zero-order valence-corrected chi connectivity index (χ0v) is 19.5. The standard InChI is InChI=1S/C13H13ClO5S.C9H5ClO3/c1-2-3-6-20(16,17)19-12-8-13(15)18-11-5-4-9(14)7-10(11)12;10-5-1-2-8-6(3-5)7(11)4-9(12)13-8/h4-5,7-8H,2-3,6H2,1H3;1-4,11H. The molecular formula is C22H18Cl2O8S. The summed E-state index contributed by atoms with van der Waals surface area (Å²) < 4.78 is 38.4. The van der Waals surface area contributed by atoms with E-state index in [0.29, 0.717) is 32.8 Å². The molecule has 1 N–H and O–H groups in total. The number of aromatic hydroxyl groups is 1. The second-order valence-electron chi connectivity index (χ2n) is 6.86. The molecule has 4 rings (SSSR count). The first-order valence-corrected chi connectivity index (χ1v) is 12.0. The maximum atomic E-state index is 11.8. The molecule has 174 valence electrons. The normalized spacial score (nSPS) is 11.2. The minimum absolute atomic E-state index is 0.0603. The lowest BCUT2D eigenvalue weighted by atomic mass is 10.2. The summed E-state index contributed by atoms with van der Waals surface area (Å²) in [7, 11) is -3.74. The van der Waals surface area contributed by atoms with Crippen molar-refractivity contribution >= 4 is 55.3 Å². The SMILES string of the molecule is CCCCS(=O)(=O)Oc1cc(=O)oc2ccc(Cl)cc12.O=c1cc(O)c2cc(Cl)ccc2o1. The Bertz CT molecular complexity index is 1520. The van der Waals surface area contributed by atoms with Crippen LogP contribution in [0.4, 0.5) is 0 Å². The van der Waals surface area contributed by atoms with Gasteiger partial charge in [-0.25, -0.2) is 9.59 Å². The maximum Gasteiger partial charge on any atom is 0.340 e. The van der Waals surface area contributed by atoms with Gasteiger partial charge in [0.15, 0.2) is 5.75 Å². The molecule has 0 radical (unpaired) electrons. The van der Waals surface area contributed by atoms with Crippen molar-refractivity contribution in [3.8, 4) is 11.5 Å². The molecule has 0 aliphatic carbocycles. The zero-order valence-electron chi connectivity index (χ0n) is 17.2. The van der Waals surface area contributed by atoms with Gasteiger partial charge in [0, 0.05) is 10.0 Å². The molecule has 33 heavy (non-hydrogen) atoms. The second-order valence-corrected chi connectivity index (χ2v) is 9.42. The van der Waals surface area contributed by atoms with Gasteiger partial charge in [0.25, 0.3) is 0 Å². The van der Waals surface area contributed by atoms with Crippen molar-refractivity contribution in [3.05, 3.63) is 79.4 Å². The molecule has 0 amide bonds. The largest absolute Gasteiger partial charge is 0.507 e. The van der Waals surface area contributed by atoms with E-state index in [-0.39, 0.29) is 22.8 Å². The van der Waals surface area contributed by atoms with Gasteiger partial charge < -0.3 is 18.1 Å². The van der Waals surface area contributed by atoms with Crippen LogP contribution >= 0.6 is 23.2 Å². The topological polar surface area (TPSA) is 124 Å². The van der Waals surface area contributed by atoms with Gasteiger partial charge in [-0.05, 0) is 42.8 Å². The maximum absolute atomic E-state index is 11.8. The summed E-state index contributed by atoms with van der Waals surface area (Å²) in [4.78, 5) is 22.2. The molecule has 2 aromatic carbocycles. The fourth-order valence-corrected chi connectivity index (χ4v) is 4.27. The fourth-order valence-electron chi connectivity index (χ4n) is 2.79. The van der Waals surface area contributed by atoms with Crippen LogP contribution < -0.4 is 15.4 Å². The number of benzene rings is 2. The van der Waals surface area contributed by atoms with Crippen LogP contribution in [-0.4, -0.2) is 19.3 Å². The molecule has 2 heterocycles. The van der Waals surface area contributed by atoms with Crippen molar-refractivity contribution in [2.75, 3.05) is 5.75 Å². The summed E-state index contributed by atoms with van der Waals surface area (Å²) in [5.74, 6) is -0.283. The number of hydrogen-bond acceptors (Lipinski definition) is 8. The molecule has 11 heteroatoms. The lowest BCUT2D eigenvalue weighted by Gasteiger charge is -2.08. The van der Waals surface area contributed by atoms with Crippen molar-refractivity contribution in [1.29, 1.82) is 0 Å². The van der Waals surface area contributed by atoms with E-state index in [9.17, 15) is 23.1 Å². The average molecular weight is 513 g/mol.